The van der Waals surface area contributed by atoms with Crippen molar-refractivity contribution in [1.29, 1.82) is 0 Å². The molecule has 8 nitrogen and oxygen atoms in total. The van der Waals surface area contributed by atoms with E-state index in [4.69, 9.17) is 0 Å². The highest BCUT2D eigenvalue weighted by Gasteiger charge is 2.28. The van der Waals surface area contributed by atoms with Gasteiger partial charge in [-0.25, -0.2) is 4.98 Å². The van der Waals surface area contributed by atoms with Gasteiger partial charge in [0.05, 0.1) is 17.9 Å². The Balaban J connectivity index is 1.38. The third kappa shape index (κ3) is 3.61. The number of aromatic nitrogens is 7. The minimum absolute atomic E-state index is 0.323. The van der Waals surface area contributed by atoms with Gasteiger partial charge in [-0.2, -0.15) is 4.68 Å². The Labute approximate surface area is 168 Å². The first-order chi connectivity index (χ1) is 14.4. The van der Waals surface area contributed by atoms with E-state index in [1.165, 1.54) is 0 Å². The van der Waals surface area contributed by atoms with Crippen molar-refractivity contribution in [2.45, 2.75) is 25.3 Å². The van der Waals surface area contributed by atoms with Crippen molar-refractivity contribution in [2.75, 3.05) is 18.0 Å². The van der Waals surface area contributed by atoms with Crippen LogP contribution >= 0.6 is 0 Å². The summed E-state index contributed by atoms with van der Waals surface area (Å²) in [5, 5.41) is 12.4. The van der Waals surface area contributed by atoms with E-state index in [0.717, 1.165) is 55.6 Å². The molecule has 1 fully saturated rings. The average molecular weight is 386 g/mol. The molecule has 4 aromatic rings. The van der Waals surface area contributed by atoms with Crippen LogP contribution in [0.1, 0.15) is 30.3 Å². The molecule has 1 aliphatic rings. The van der Waals surface area contributed by atoms with E-state index in [2.05, 4.69) is 35.0 Å². The Hall–Kier alpha value is -3.55. The standard InChI is InChI=1S/C21H22N8/c1-2-9-19(10-3-1)29-21(24-25-26-29)28-13-6-7-17(15-28)20-23-12-14-27(20)16-18-8-4-5-11-22-18/h1-5,8-12,14,17H,6-7,13,15-16H2/t17-/m1/s1. The molecular weight excluding hydrogens is 364 g/mol. The summed E-state index contributed by atoms with van der Waals surface area (Å²) in [6, 6.07) is 16.0. The number of anilines is 1. The van der Waals surface area contributed by atoms with E-state index in [1.54, 1.807) is 0 Å². The van der Waals surface area contributed by atoms with Crippen LogP contribution in [0.3, 0.4) is 0 Å². The van der Waals surface area contributed by atoms with E-state index < -0.39 is 0 Å². The summed E-state index contributed by atoms with van der Waals surface area (Å²) in [5.41, 5.74) is 2.00. The van der Waals surface area contributed by atoms with Gasteiger partial charge in [0.2, 0.25) is 5.95 Å². The molecule has 8 heteroatoms. The van der Waals surface area contributed by atoms with Gasteiger partial charge in [-0.3, -0.25) is 4.98 Å². The minimum Gasteiger partial charge on any atom is -0.339 e. The van der Waals surface area contributed by atoms with Crippen LogP contribution in [0, 0.1) is 0 Å². The van der Waals surface area contributed by atoms with E-state index in [9.17, 15) is 0 Å². The van der Waals surface area contributed by atoms with Crippen LogP contribution in [-0.2, 0) is 6.54 Å². The van der Waals surface area contributed by atoms with Crippen molar-refractivity contribution in [2.24, 2.45) is 0 Å². The van der Waals surface area contributed by atoms with Crippen molar-refractivity contribution in [3.8, 4) is 5.69 Å². The van der Waals surface area contributed by atoms with Crippen molar-refractivity contribution in [3.05, 3.63) is 78.6 Å². The van der Waals surface area contributed by atoms with Gasteiger partial charge >= 0.3 is 0 Å². The number of para-hydroxylation sites is 1. The zero-order valence-electron chi connectivity index (χ0n) is 16.0. The molecule has 146 valence electrons. The second-order valence-electron chi connectivity index (χ2n) is 7.25. The Morgan fingerprint density at radius 1 is 0.966 bits per heavy atom. The monoisotopic (exact) mass is 386 g/mol. The molecule has 0 radical (unpaired) electrons. The molecule has 1 saturated heterocycles. The predicted molar refractivity (Wildman–Crippen MR) is 109 cm³/mol. The molecule has 0 N–H and O–H groups in total. The number of pyridine rings is 1. The maximum absolute atomic E-state index is 4.68. The van der Waals surface area contributed by atoms with Crippen LogP contribution in [0.2, 0.25) is 0 Å². The Morgan fingerprint density at radius 3 is 2.72 bits per heavy atom. The summed E-state index contributed by atoms with van der Waals surface area (Å²) in [4.78, 5) is 11.4. The molecule has 0 amide bonds. The number of hydrogen-bond acceptors (Lipinski definition) is 6. The van der Waals surface area contributed by atoms with Gasteiger partial charge in [-0.15, -0.1) is 0 Å². The summed E-state index contributed by atoms with van der Waals surface area (Å²) >= 11 is 0. The van der Waals surface area contributed by atoms with E-state index in [0.29, 0.717) is 5.92 Å². The van der Waals surface area contributed by atoms with Crippen LogP contribution in [0.5, 0.6) is 0 Å². The second kappa shape index (κ2) is 7.83. The molecule has 1 aromatic carbocycles. The first kappa shape index (κ1) is 17.5. The summed E-state index contributed by atoms with van der Waals surface area (Å²) in [6.45, 7) is 2.51. The zero-order chi connectivity index (χ0) is 19.5. The lowest BCUT2D eigenvalue weighted by Gasteiger charge is -2.32. The van der Waals surface area contributed by atoms with Gasteiger partial charge in [0.1, 0.15) is 5.82 Å². The molecule has 29 heavy (non-hydrogen) atoms. The number of benzene rings is 1. The number of piperidine rings is 1. The quantitative estimate of drug-likeness (QED) is 0.525. The zero-order valence-corrected chi connectivity index (χ0v) is 16.0. The number of tetrazole rings is 1. The van der Waals surface area contributed by atoms with E-state index in [1.807, 2.05) is 71.8 Å². The van der Waals surface area contributed by atoms with Crippen LogP contribution in [0.25, 0.3) is 5.69 Å². The van der Waals surface area contributed by atoms with Crippen molar-refractivity contribution < 1.29 is 0 Å². The molecule has 0 bridgehead atoms. The highest BCUT2D eigenvalue weighted by molar-refractivity contribution is 5.41. The number of nitrogens with zero attached hydrogens (tertiary/aromatic N) is 8. The van der Waals surface area contributed by atoms with Crippen LogP contribution < -0.4 is 4.90 Å². The molecule has 0 spiro atoms. The molecule has 1 aliphatic heterocycles. The number of imidazole rings is 1. The minimum atomic E-state index is 0.323. The second-order valence-corrected chi connectivity index (χ2v) is 7.25. The fourth-order valence-corrected chi connectivity index (χ4v) is 3.97. The molecule has 0 unspecified atom stereocenters. The summed E-state index contributed by atoms with van der Waals surface area (Å²) in [7, 11) is 0. The average Bonchev–Trinajstić information content (AvgIpc) is 3.45. The number of hydrogen-bond donors (Lipinski definition) is 0. The Morgan fingerprint density at radius 2 is 1.86 bits per heavy atom. The topological polar surface area (TPSA) is 77.5 Å². The molecular formula is C21H22N8. The van der Waals surface area contributed by atoms with Gasteiger partial charge < -0.3 is 9.47 Å². The molecule has 0 saturated carbocycles. The fraction of sp³-hybridized carbons (Fsp3) is 0.286. The predicted octanol–water partition coefficient (Wildman–Crippen LogP) is 2.69. The Bertz CT molecular complexity index is 1060. The molecule has 3 aromatic heterocycles. The van der Waals surface area contributed by atoms with Crippen molar-refractivity contribution in [3.63, 3.8) is 0 Å². The van der Waals surface area contributed by atoms with Gasteiger partial charge in [0.25, 0.3) is 0 Å². The molecule has 0 aliphatic carbocycles. The molecule has 5 rings (SSSR count). The summed E-state index contributed by atoms with van der Waals surface area (Å²) in [5.74, 6) is 2.20. The third-order valence-electron chi connectivity index (χ3n) is 5.33. The van der Waals surface area contributed by atoms with Gasteiger partial charge in [-0.1, -0.05) is 29.4 Å². The lowest BCUT2D eigenvalue weighted by molar-refractivity contribution is 0.468. The fourth-order valence-electron chi connectivity index (χ4n) is 3.97. The number of rotatable bonds is 5. The molecule has 1 atom stereocenters. The van der Waals surface area contributed by atoms with Gasteiger partial charge in [0, 0.05) is 37.6 Å². The first-order valence-corrected chi connectivity index (χ1v) is 9.88. The van der Waals surface area contributed by atoms with Crippen molar-refractivity contribution in [1.82, 2.24) is 34.7 Å². The van der Waals surface area contributed by atoms with Crippen molar-refractivity contribution >= 4 is 5.95 Å². The lowest BCUT2D eigenvalue weighted by atomic mass is 9.97. The van der Waals surface area contributed by atoms with Crippen LogP contribution in [0.4, 0.5) is 5.95 Å². The third-order valence-corrected chi connectivity index (χ3v) is 5.33. The maximum atomic E-state index is 4.68. The van der Waals surface area contributed by atoms with E-state index in [-0.39, 0.29) is 0 Å². The highest BCUT2D eigenvalue weighted by Crippen LogP contribution is 2.29. The SMILES string of the molecule is c1ccc(-n2nnnc2N2CCC[C@@H](c3nccn3Cc3ccccn3)C2)cc1. The smallest absolute Gasteiger partial charge is 0.250 e. The summed E-state index contributed by atoms with van der Waals surface area (Å²) in [6.07, 6.45) is 7.92. The highest BCUT2D eigenvalue weighted by atomic mass is 15.6. The largest absolute Gasteiger partial charge is 0.339 e. The molecule has 4 heterocycles. The lowest BCUT2D eigenvalue weighted by Crippen LogP contribution is -2.37. The van der Waals surface area contributed by atoms with E-state index >= 15 is 0 Å². The Kier molecular flexibility index (Phi) is 4.73. The normalized spacial score (nSPS) is 16.8. The first-order valence-electron chi connectivity index (χ1n) is 9.88. The van der Waals surface area contributed by atoms with Crippen LogP contribution in [-0.4, -0.2) is 47.8 Å². The summed E-state index contributed by atoms with van der Waals surface area (Å²) < 4.78 is 4.01. The maximum Gasteiger partial charge on any atom is 0.250 e. The van der Waals surface area contributed by atoms with Gasteiger partial charge in [0.15, 0.2) is 0 Å². The van der Waals surface area contributed by atoms with Crippen LogP contribution in [0.15, 0.2) is 67.1 Å². The van der Waals surface area contributed by atoms with Gasteiger partial charge in [-0.05, 0) is 47.5 Å².